The van der Waals surface area contributed by atoms with Gasteiger partial charge in [0.05, 0.1) is 15.7 Å². The topological polar surface area (TPSA) is 71.4 Å². The number of nitrogens with zero attached hydrogens (tertiary/aromatic N) is 2. The van der Waals surface area contributed by atoms with Gasteiger partial charge in [-0.25, -0.2) is 9.69 Å². The fourth-order valence-electron chi connectivity index (χ4n) is 3.76. The first-order valence-electron chi connectivity index (χ1n) is 9.96. The second-order valence-electron chi connectivity index (χ2n) is 7.37. The maximum Gasteiger partial charge on any atom is 0.336 e. The van der Waals surface area contributed by atoms with Gasteiger partial charge in [0.25, 0.3) is 11.8 Å². The van der Waals surface area contributed by atoms with Gasteiger partial charge >= 0.3 is 6.03 Å². The molecule has 0 bridgehead atoms. The van der Waals surface area contributed by atoms with Crippen LogP contribution < -0.4 is 10.2 Å². The molecule has 4 aromatic rings. The maximum absolute atomic E-state index is 13.2. The number of carbonyl (C=O) groups excluding carboxylic acids is 3. The van der Waals surface area contributed by atoms with Crippen LogP contribution in [0, 0.1) is 0 Å². The van der Waals surface area contributed by atoms with Crippen LogP contribution in [0.5, 0.6) is 0 Å². The predicted octanol–water partition coefficient (Wildman–Crippen LogP) is 5.60. The third kappa shape index (κ3) is 3.69. The van der Waals surface area contributed by atoms with Crippen molar-refractivity contribution in [3.63, 3.8) is 0 Å². The van der Waals surface area contributed by atoms with E-state index >= 15 is 0 Å². The Balaban J connectivity index is 1.57. The number of benzene rings is 3. The van der Waals surface area contributed by atoms with Crippen molar-refractivity contribution in [1.29, 1.82) is 0 Å². The molecule has 0 unspecified atom stereocenters. The lowest BCUT2D eigenvalue weighted by atomic mass is 10.1. The van der Waals surface area contributed by atoms with Gasteiger partial charge in [0.2, 0.25) is 0 Å². The average molecular weight is 476 g/mol. The number of hydrogen-bond acceptors (Lipinski definition) is 3. The molecule has 6 nitrogen and oxygen atoms in total. The molecule has 1 fully saturated rings. The van der Waals surface area contributed by atoms with E-state index in [9.17, 15) is 14.4 Å². The standard InChI is InChI=1S/C25H15Cl2N3O3/c26-20-8-3-9-21(22(20)27)30-24(32)19(23(31)28-25(30)33)14-17-7-4-12-29(17)18-11-10-15-5-1-2-6-16(15)13-18/h1-14H,(H,28,31,33)/b19-14+. The van der Waals surface area contributed by atoms with Gasteiger partial charge in [-0.05, 0) is 53.2 Å². The van der Waals surface area contributed by atoms with E-state index in [1.54, 1.807) is 12.1 Å². The van der Waals surface area contributed by atoms with Crippen molar-refractivity contribution < 1.29 is 14.4 Å². The highest BCUT2D eigenvalue weighted by molar-refractivity contribution is 6.46. The SMILES string of the molecule is O=C1NC(=O)N(c2cccc(Cl)c2Cl)C(=O)/C1=C/c1cccn1-c1ccc2ccccc2c1. The van der Waals surface area contributed by atoms with Crippen LogP contribution in [0.4, 0.5) is 10.5 Å². The van der Waals surface area contributed by atoms with Gasteiger partial charge in [-0.3, -0.25) is 14.9 Å². The third-order valence-corrected chi connectivity index (χ3v) is 6.17. The van der Waals surface area contributed by atoms with Gasteiger partial charge in [0.1, 0.15) is 5.57 Å². The summed E-state index contributed by atoms with van der Waals surface area (Å²) < 4.78 is 1.85. The molecule has 33 heavy (non-hydrogen) atoms. The van der Waals surface area contributed by atoms with Crippen LogP contribution in [-0.4, -0.2) is 22.4 Å². The summed E-state index contributed by atoms with van der Waals surface area (Å²) in [6, 6.07) is 21.2. The van der Waals surface area contributed by atoms with E-state index in [-0.39, 0.29) is 21.3 Å². The molecule has 162 valence electrons. The summed E-state index contributed by atoms with van der Waals surface area (Å²) in [6.45, 7) is 0. The molecule has 2 heterocycles. The Morgan fingerprint density at radius 1 is 0.818 bits per heavy atom. The maximum atomic E-state index is 13.2. The van der Waals surface area contributed by atoms with E-state index < -0.39 is 17.8 Å². The molecule has 0 aliphatic carbocycles. The molecule has 1 aliphatic rings. The van der Waals surface area contributed by atoms with Gasteiger partial charge in [0.15, 0.2) is 0 Å². The summed E-state index contributed by atoms with van der Waals surface area (Å²) in [5.41, 5.74) is 1.34. The van der Waals surface area contributed by atoms with Crippen molar-refractivity contribution >= 4 is 63.6 Å². The number of nitrogens with one attached hydrogen (secondary N) is 1. The highest BCUT2D eigenvalue weighted by Gasteiger charge is 2.38. The van der Waals surface area contributed by atoms with Crippen LogP contribution in [0.1, 0.15) is 5.69 Å². The quantitative estimate of drug-likeness (QED) is 0.309. The Morgan fingerprint density at radius 2 is 1.61 bits per heavy atom. The molecule has 5 rings (SSSR count). The number of rotatable bonds is 3. The highest BCUT2D eigenvalue weighted by Crippen LogP contribution is 2.34. The minimum absolute atomic E-state index is 0.0379. The molecule has 3 aromatic carbocycles. The Hall–Kier alpha value is -3.87. The van der Waals surface area contributed by atoms with E-state index in [0.717, 1.165) is 21.4 Å². The fourth-order valence-corrected chi connectivity index (χ4v) is 4.14. The van der Waals surface area contributed by atoms with Gasteiger partial charge in [-0.15, -0.1) is 0 Å². The van der Waals surface area contributed by atoms with Gasteiger partial charge in [-0.2, -0.15) is 0 Å². The molecule has 1 aliphatic heterocycles. The van der Waals surface area contributed by atoms with Crippen LogP contribution >= 0.6 is 23.2 Å². The summed E-state index contributed by atoms with van der Waals surface area (Å²) in [7, 11) is 0. The van der Waals surface area contributed by atoms with Crippen molar-refractivity contribution in [3.05, 3.63) is 100 Å². The molecular formula is C25H15Cl2N3O3. The van der Waals surface area contributed by atoms with Crippen molar-refractivity contribution in [2.24, 2.45) is 0 Å². The monoisotopic (exact) mass is 475 g/mol. The molecule has 1 aromatic heterocycles. The van der Waals surface area contributed by atoms with Crippen molar-refractivity contribution in [1.82, 2.24) is 9.88 Å². The number of fused-ring (bicyclic) bond motifs is 1. The van der Waals surface area contributed by atoms with Crippen LogP contribution in [0.2, 0.25) is 10.0 Å². The highest BCUT2D eigenvalue weighted by atomic mass is 35.5. The number of aromatic nitrogens is 1. The van der Waals surface area contributed by atoms with E-state index in [1.807, 2.05) is 59.3 Å². The van der Waals surface area contributed by atoms with Gasteiger partial charge in [0, 0.05) is 17.6 Å². The number of urea groups is 1. The zero-order chi connectivity index (χ0) is 23.1. The lowest BCUT2D eigenvalue weighted by Gasteiger charge is -2.27. The molecular weight excluding hydrogens is 461 g/mol. The minimum atomic E-state index is -0.892. The first kappa shape index (κ1) is 21.0. The summed E-state index contributed by atoms with van der Waals surface area (Å²) in [6.07, 6.45) is 3.28. The van der Waals surface area contributed by atoms with Crippen molar-refractivity contribution in [3.8, 4) is 5.69 Å². The first-order chi connectivity index (χ1) is 15.9. The van der Waals surface area contributed by atoms with E-state index in [1.165, 1.54) is 18.2 Å². The van der Waals surface area contributed by atoms with Crippen LogP contribution in [0.3, 0.4) is 0 Å². The lowest BCUT2D eigenvalue weighted by molar-refractivity contribution is -0.122. The number of anilines is 1. The van der Waals surface area contributed by atoms with Crippen LogP contribution in [0.15, 0.2) is 84.6 Å². The van der Waals surface area contributed by atoms with Crippen LogP contribution in [0.25, 0.3) is 22.5 Å². The Labute approximate surface area is 198 Å². The molecule has 1 saturated heterocycles. The van der Waals surface area contributed by atoms with Crippen LogP contribution in [-0.2, 0) is 9.59 Å². The Bertz CT molecular complexity index is 1490. The Morgan fingerprint density at radius 3 is 2.42 bits per heavy atom. The molecule has 0 saturated carbocycles. The largest absolute Gasteiger partial charge is 0.336 e. The van der Waals surface area contributed by atoms with E-state index in [0.29, 0.717) is 5.69 Å². The summed E-state index contributed by atoms with van der Waals surface area (Å²) in [5, 5.41) is 4.58. The predicted molar refractivity (Wildman–Crippen MR) is 129 cm³/mol. The average Bonchev–Trinajstić information content (AvgIpc) is 3.27. The number of amides is 4. The van der Waals surface area contributed by atoms with Crippen molar-refractivity contribution in [2.45, 2.75) is 0 Å². The zero-order valence-corrected chi connectivity index (χ0v) is 18.5. The second kappa shape index (κ2) is 8.24. The summed E-state index contributed by atoms with van der Waals surface area (Å²) in [5.74, 6) is -1.58. The molecule has 0 spiro atoms. The third-order valence-electron chi connectivity index (χ3n) is 5.36. The molecule has 1 N–H and O–H groups in total. The zero-order valence-electron chi connectivity index (χ0n) is 17.0. The fraction of sp³-hybridized carbons (Fsp3) is 0. The molecule has 0 radical (unpaired) electrons. The number of carbonyl (C=O) groups is 3. The minimum Gasteiger partial charge on any atom is -0.317 e. The van der Waals surface area contributed by atoms with Crippen molar-refractivity contribution in [2.75, 3.05) is 4.90 Å². The van der Waals surface area contributed by atoms with E-state index in [2.05, 4.69) is 5.32 Å². The number of hydrogen-bond donors (Lipinski definition) is 1. The number of halogens is 2. The summed E-state index contributed by atoms with van der Waals surface area (Å²) >= 11 is 12.3. The smallest absolute Gasteiger partial charge is 0.317 e. The lowest BCUT2D eigenvalue weighted by Crippen LogP contribution is -2.54. The number of imide groups is 2. The van der Waals surface area contributed by atoms with E-state index in [4.69, 9.17) is 23.2 Å². The van der Waals surface area contributed by atoms with Gasteiger partial charge < -0.3 is 4.57 Å². The molecule has 4 amide bonds. The molecule has 8 heteroatoms. The normalized spacial score (nSPS) is 15.4. The number of barbiturate groups is 1. The van der Waals surface area contributed by atoms with Gasteiger partial charge in [-0.1, -0.05) is 59.6 Å². The Kier molecular flexibility index (Phi) is 5.24. The first-order valence-corrected chi connectivity index (χ1v) is 10.7. The summed E-state index contributed by atoms with van der Waals surface area (Å²) in [4.78, 5) is 39.1. The molecule has 0 atom stereocenters. The second-order valence-corrected chi connectivity index (χ2v) is 8.15.